The molecule has 1 aliphatic heterocycles. The van der Waals surface area contributed by atoms with Crippen molar-refractivity contribution in [2.75, 3.05) is 11.5 Å². The van der Waals surface area contributed by atoms with E-state index in [4.69, 9.17) is 9.84 Å². The highest BCUT2D eigenvalue weighted by Crippen LogP contribution is 2.31. The molecule has 1 heterocycles. The molecule has 5 nitrogen and oxygen atoms in total. The molecule has 1 amide bonds. The summed E-state index contributed by atoms with van der Waals surface area (Å²) in [6, 6.07) is -0.786. The molecule has 6 heteroatoms. The summed E-state index contributed by atoms with van der Waals surface area (Å²) in [5.41, 5.74) is -0.0228. The highest BCUT2D eigenvalue weighted by Gasteiger charge is 2.31. The summed E-state index contributed by atoms with van der Waals surface area (Å²) in [6.07, 6.45) is 2.84. The van der Waals surface area contributed by atoms with Gasteiger partial charge in [-0.3, -0.25) is 4.79 Å². The van der Waals surface area contributed by atoms with Gasteiger partial charge in [-0.1, -0.05) is 0 Å². The van der Waals surface area contributed by atoms with Crippen LogP contribution < -0.4 is 5.32 Å². The molecule has 0 aromatic carbocycles. The molecule has 1 rings (SSSR count). The number of thioether (sulfide) groups is 1. The lowest BCUT2D eigenvalue weighted by Crippen LogP contribution is -2.40. The van der Waals surface area contributed by atoms with Crippen LogP contribution in [0.4, 0.5) is 0 Å². The zero-order valence-electron chi connectivity index (χ0n) is 11.8. The number of carbonyl (C=O) groups excluding carboxylic acids is 1. The van der Waals surface area contributed by atoms with Gasteiger partial charge in [0, 0.05) is 12.7 Å². The Balaban J connectivity index is 2.19. The Labute approximate surface area is 118 Å². The maximum absolute atomic E-state index is 10.9. The lowest BCUT2D eigenvalue weighted by Gasteiger charge is -2.19. The van der Waals surface area contributed by atoms with Crippen LogP contribution in [0.15, 0.2) is 0 Å². The van der Waals surface area contributed by atoms with E-state index in [-0.39, 0.29) is 17.6 Å². The quantitative estimate of drug-likeness (QED) is 0.697. The summed E-state index contributed by atoms with van der Waals surface area (Å²) in [6.45, 7) is 5.52. The van der Waals surface area contributed by atoms with Gasteiger partial charge in [-0.15, -0.1) is 0 Å². The number of carboxylic acids is 1. The summed E-state index contributed by atoms with van der Waals surface area (Å²) in [4.78, 5) is 21.8. The number of rotatable bonds is 7. The van der Waals surface area contributed by atoms with Crippen molar-refractivity contribution >= 4 is 23.6 Å². The zero-order chi connectivity index (χ0) is 14.5. The number of carboxylic acid groups (broad SMARTS) is 1. The molecule has 0 radical (unpaired) electrons. The monoisotopic (exact) mass is 289 g/mol. The van der Waals surface area contributed by atoms with Crippen LogP contribution in [-0.4, -0.2) is 46.2 Å². The van der Waals surface area contributed by atoms with E-state index in [2.05, 4.69) is 19.2 Å². The molecule has 2 atom stereocenters. The smallest absolute Gasteiger partial charge is 0.326 e. The van der Waals surface area contributed by atoms with E-state index < -0.39 is 12.0 Å². The Hall–Kier alpha value is -0.750. The predicted molar refractivity (Wildman–Crippen MR) is 75.4 cm³/mol. The SMILES string of the molecule is CC(=O)NC(CCSCC1CCC(C)(C)O1)C(=O)O. The highest BCUT2D eigenvalue weighted by atomic mass is 32.2. The molecule has 0 saturated carbocycles. The molecular weight excluding hydrogens is 266 g/mol. The normalized spacial score (nSPS) is 23.0. The average molecular weight is 289 g/mol. The highest BCUT2D eigenvalue weighted by molar-refractivity contribution is 7.99. The fraction of sp³-hybridized carbons (Fsp3) is 0.846. The van der Waals surface area contributed by atoms with E-state index >= 15 is 0 Å². The molecule has 1 saturated heterocycles. The van der Waals surface area contributed by atoms with E-state index in [1.165, 1.54) is 6.92 Å². The number of carbonyl (C=O) groups is 2. The van der Waals surface area contributed by atoms with Crippen LogP contribution in [0.2, 0.25) is 0 Å². The van der Waals surface area contributed by atoms with Crippen molar-refractivity contribution < 1.29 is 19.4 Å². The number of nitrogens with one attached hydrogen (secondary N) is 1. The van der Waals surface area contributed by atoms with Crippen molar-refractivity contribution in [2.45, 2.75) is 57.8 Å². The third kappa shape index (κ3) is 6.29. The lowest BCUT2D eigenvalue weighted by molar-refractivity contribution is -0.141. The molecule has 1 fully saturated rings. The Morgan fingerprint density at radius 3 is 2.68 bits per heavy atom. The van der Waals surface area contributed by atoms with E-state index in [1.54, 1.807) is 11.8 Å². The van der Waals surface area contributed by atoms with Gasteiger partial charge in [-0.05, 0) is 38.9 Å². The third-order valence-corrected chi connectivity index (χ3v) is 4.22. The first-order chi connectivity index (χ1) is 8.80. The minimum Gasteiger partial charge on any atom is -0.480 e. The molecule has 1 aliphatic rings. The summed E-state index contributed by atoms with van der Waals surface area (Å²) in [5.74, 6) is 0.306. The van der Waals surface area contributed by atoms with E-state index in [1.807, 2.05) is 0 Å². The van der Waals surface area contributed by atoms with Gasteiger partial charge in [0.05, 0.1) is 11.7 Å². The van der Waals surface area contributed by atoms with Crippen molar-refractivity contribution in [3.8, 4) is 0 Å². The predicted octanol–water partition coefficient (Wildman–Crippen LogP) is 1.66. The first kappa shape index (κ1) is 16.3. The van der Waals surface area contributed by atoms with Crippen LogP contribution in [0, 0.1) is 0 Å². The molecule has 0 spiro atoms. The number of hydrogen-bond donors (Lipinski definition) is 2. The number of hydrogen-bond acceptors (Lipinski definition) is 4. The fourth-order valence-corrected chi connectivity index (χ4v) is 3.18. The van der Waals surface area contributed by atoms with E-state index in [0.717, 1.165) is 18.6 Å². The van der Waals surface area contributed by atoms with Crippen LogP contribution in [-0.2, 0) is 14.3 Å². The minimum atomic E-state index is -0.978. The van der Waals surface area contributed by atoms with E-state index in [0.29, 0.717) is 12.2 Å². The zero-order valence-corrected chi connectivity index (χ0v) is 12.6. The molecule has 0 aromatic heterocycles. The fourth-order valence-electron chi connectivity index (χ4n) is 2.11. The Morgan fingerprint density at radius 2 is 2.21 bits per heavy atom. The molecule has 2 N–H and O–H groups in total. The molecule has 0 aliphatic carbocycles. The second-order valence-corrected chi connectivity index (χ2v) is 6.64. The molecule has 110 valence electrons. The van der Waals surface area contributed by atoms with Crippen LogP contribution >= 0.6 is 11.8 Å². The summed E-state index contributed by atoms with van der Waals surface area (Å²) in [7, 11) is 0. The first-order valence-corrected chi connectivity index (χ1v) is 7.71. The Morgan fingerprint density at radius 1 is 1.53 bits per heavy atom. The largest absolute Gasteiger partial charge is 0.480 e. The van der Waals surface area contributed by atoms with Gasteiger partial charge in [0.25, 0.3) is 0 Å². The van der Waals surface area contributed by atoms with Gasteiger partial charge >= 0.3 is 5.97 Å². The second kappa shape index (κ2) is 7.14. The Bertz CT molecular complexity index is 333. The molecular formula is C13H23NO4S. The Kier molecular flexibility index (Phi) is 6.13. The van der Waals surface area contributed by atoms with E-state index in [9.17, 15) is 9.59 Å². The van der Waals surface area contributed by atoms with Crippen molar-refractivity contribution in [2.24, 2.45) is 0 Å². The van der Waals surface area contributed by atoms with Crippen LogP contribution in [0.5, 0.6) is 0 Å². The van der Waals surface area contributed by atoms with Gasteiger partial charge in [-0.25, -0.2) is 4.79 Å². The molecule has 19 heavy (non-hydrogen) atoms. The van der Waals surface area contributed by atoms with Crippen molar-refractivity contribution in [3.05, 3.63) is 0 Å². The maximum Gasteiger partial charge on any atom is 0.326 e. The molecule has 0 aromatic rings. The summed E-state index contributed by atoms with van der Waals surface area (Å²) >= 11 is 1.68. The van der Waals surface area contributed by atoms with Gasteiger partial charge < -0.3 is 15.2 Å². The molecule has 0 bridgehead atoms. The second-order valence-electron chi connectivity index (χ2n) is 5.49. The number of amides is 1. The van der Waals surface area contributed by atoms with Gasteiger partial charge in [-0.2, -0.15) is 11.8 Å². The van der Waals surface area contributed by atoms with Crippen LogP contribution in [0.1, 0.15) is 40.0 Å². The number of aliphatic carboxylic acids is 1. The van der Waals surface area contributed by atoms with Gasteiger partial charge in [0.1, 0.15) is 6.04 Å². The van der Waals surface area contributed by atoms with Crippen molar-refractivity contribution in [1.29, 1.82) is 0 Å². The van der Waals surface area contributed by atoms with Crippen LogP contribution in [0.25, 0.3) is 0 Å². The van der Waals surface area contributed by atoms with Gasteiger partial charge in [0.2, 0.25) is 5.91 Å². The summed E-state index contributed by atoms with van der Waals surface area (Å²) in [5, 5.41) is 11.4. The molecule has 2 unspecified atom stereocenters. The minimum absolute atomic E-state index is 0.0228. The van der Waals surface area contributed by atoms with Gasteiger partial charge in [0.15, 0.2) is 0 Å². The average Bonchev–Trinajstić information content (AvgIpc) is 2.62. The maximum atomic E-state index is 10.9. The third-order valence-electron chi connectivity index (χ3n) is 3.08. The standard InChI is InChI=1S/C13H23NO4S/c1-9(15)14-11(12(16)17)5-7-19-8-10-4-6-13(2,3)18-10/h10-11H,4-8H2,1-3H3,(H,14,15)(H,16,17). The topological polar surface area (TPSA) is 75.6 Å². The van der Waals surface area contributed by atoms with Crippen molar-refractivity contribution in [3.63, 3.8) is 0 Å². The van der Waals surface area contributed by atoms with Crippen molar-refractivity contribution in [1.82, 2.24) is 5.32 Å². The number of ether oxygens (including phenoxy) is 1. The lowest BCUT2D eigenvalue weighted by atomic mass is 10.1. The summed E-state index contributed by atoms with van der Waals surface area (Å²) < 4.78 is 5.86. The first-order valence-electron chi connectivity index (χ1n) is 6.55. The van der Waals surface area contributed by atoms with Crippen LogP contribution in [0.3, 0.4) is 0 Å².